The number of hydrogen-bond donors (Lipinski definition) is 0. The van der Waals surface area contributed by atoms with Crippen molar-refractivity contribution in [3.63, 3.8) is 0 Å². The van der Waals surface area contributed by atoms with Gasteiger partial charge >= 0.3 is 0 Å². The van der Waals surface area contributed by atoms with E-state index in [2.05, 4.69) is 51.6 Å². The fraction of sp³-hybridized carbons (Fsp3) is 0. The van der Waals surface area contributed by atoms with Gasteiger partial charge in [0.15, 0.2) is 0 Å². The van der Waals surface area contributed by atoms with Crippen LogP contribution in [-0.2, 0) is 0 Å². The van der Waals surface area contributed by atoms with Gasteiger partial charge in [0.05, 0.1) is 45.3 Å². The molecular formula is C33H18N4O. The smallest absolute Gasteiger partial charge is 0.150 e. The number of rotatable bonds is 3. The molecule has 0 radical (unpaired) electrons. The van der Waals surface area contributed by atoms with Crippen LogP contribution in [0.3, 0.4) is 0 Å². The van der Waals surface area contributed by atoms with Crippen LogP contribution < -0.4 is 0 Å². The lowest BCUT2D eigenvalue weighted by Gasteiger charge is -2.14. The molecule has 0 aliphatic heterocycles. The van der Waals surface area contributed by atoms with E-state index in [9.17, 15) is 15.3 Å². The van der Waals surface area contributed by atoms with Crippen molar-refractivity contribution < 1.29 is 4.79 Å². The Bertz CT molecular complexity index is 2030. The maximum Gasteiger partial charge on any atom is 0.150 e. The van der Waals surface area contributed by atoms with Gasteiger partial charge in [0, 0.05) is 38.5 Å². The molecule has 5 nitrogen and oxygen atoms in total. The third-order valence-electron chi connectivity index (χ3n) is 7.18. The maximum absolute atomic E-state index is 12.2. The molecule has 0 bridgehead atoms. The van der Waals surface area contributed by atoms with Crippen LogP contribution in [0.5, 0.6) is 0 Å². The highest BCUT2D eigenvalue weighted by atomic mass is 16.1. The van der Waals surface area contributed by atoms with Crippen molar-refractivity contribution in [1.29, 1.82) is 10.5 Å². The van der Waals surface area contributed by atoms with E-state index in [1.807, 2.05) is 72.8 Å². The second-order valence-electron chi connectivity index (χ2n) is 9.29. The predicted molar refractivity (Wildman–Crippen MR) is 150 cm³/mol. The summed E-state index contributed by atoms with van der Waals surface area (Å²) in [5.74, 6) is 0. The summed E-state index contributed by atoms with van der Waals surface area (Å²) in [6.45, 7) is 0. The third-order valence-corrected chi connectivity index (χ3v) is 7.18. The van der Waals surface area contributed by atoms with Gasteiger partial charge in [0.2, 0.25) is 0 Å². The lowest BCUT2D eigenvalue weighted by molar-refractivity contribution is 0.112. The Kier molecular flexibility index (Phi) is 4.66. The number of carbonyl (C=O) groups is 1. The van der Waals surface area contributed by atoms with E-state index in [0.29, 0.717) is 16.7 Å². The van der Waals surface area contributed by atoms with E-state index in [4.69, 9.17) is 0 Å². The van der Waals surface area contributed by atoms with E-state index < -0.39 is 0 Å². The Morgan fingerprint density at radius 3 is 1.42 bits per heavy atom. The number of carbonyl (C=O) groups excluding carboxylic acids is 1. The molecule has 5 aromatic carbocycles. The lowest BCUT2D eigenvalue weighted by atomic mass is 10.1. The highest BCUT2D eigenvalue weighted by molar-refractivity contribution is 6.11. The molecule has 0 aliphatic carbocycles. The van der Waals surface area contributed by atoms with E-state index in [-0.39, 0.29) is 0 Å². The van der Waals surface area contributed by atoms with Gasteiger partial charge in [-0.05, 0) is 66.7 Å². The monoisotopic (exact) mass is 486 g/mol. The standard InChI is InChI=1S/C33H18N4O/c34-18-21-9-11-32-28(15-21)26-5-1-3-7-30(26)36(32)24-13-23(20-38)14-25(17-24)37-31-8-4-2-6-27(31)29-16-22(19-35)10-12-33(29)37/h1-17,20H. The van der Waals surface area contributed by atoms with Crippen molar-refractivity contribution in [2.45, 2.75) is 0 Å². The number of nitriles is 2. The highest BCUT2D eigenvalue weighted by Gasteiger charge is 2.17. The minimum atomic E-state index is 0.552. The van der Waals surface area contributed by atoms with Crippen molar-refractivity contribution in [3.8, 4) is 23.5 Å². The van der Waals surface area contributed by atoms with E-state index in [1.165, 1.54) is 0 Å². The van der Waals surface area contributed by atoms with Gasteiger partial charge in [-0.1, -0.05) is 36.4 Å². The number of para-hydroxylation sites is 2. The fourth-order valence-corrected chi connectivity index (χ4v) is 5.59. The van der Waals surface area contributed by atoms with Crippen LogP contribution >= 0.6 is 0 Å². The molecule has 38 heavy (non-hydrogen) atoms. The Morgan fingerprint density at radius 1 is 0.526 bits per heavy atom. The van der Waals surface area contributed by atoms with Crippen molar-refractivity contribution in [2.75, 3.05) is 0 Å². The zero-order valence-corrected chi connectivity index (χ0v) is 20.1. The second kappa shape index (κ2) is 8.20. The minimum absolute atomic E-state index is 0.552. The zero-order chi connectivity index (χ0) is 25.8. The van der Waals surface area contributed by atoms with Crippen molar-refractivity contribution in [2.24, 2.45) is 0 Å². The molecule has 0 atom stereocenters. The van der Waals surface area contributed by atoms with Crippen LogP contribution in [0.2, 0.25) is 0 Å². The molecule has 0 amide bonds. The van der Waals surface area contributed by atoms with E-state index in [0.717, 1.165) is 61.3 Å². The predicted octanol–water partition coefficient (Wildman–Crippen LogP) is 7.44. The SMILES string of the molecule is N#Cc1ccc2c(c1)c1ccccc1n2-c1cc(C=O)cc(-n2c3ccccc3c3cc(C#N)ccc32)c1. The van der Waals surface area contributed by atoms with Crippen molar-refractivity contribution >= 4 is 49.9 Å². The van der Waals surface area contributed by atoms with Crippen LogP contribution in [0.25, 0.3) is 55.0 Å². The molecule has 0 saturated carbocycles. The van der Waals surface area contributed by atoms with Gasteiger partial charge in [0.25, 0.3) is 0 Å². The normalized spacial score (nSPS) is 11.2. The number of nitrogens with zero attached hydrogens (tertiary/aromatic N) is 4. The fourth-order valence-electron chi connectivity index (χ4n) is 5.59. The lowest BCUT2D eigenvalue weighted by Crippen LogP contribution is -2.01. The molecule has 0 fully saturated rings. The average molecular weight is 487 g/mol. The summed E-state index contributed by atoms with van der Waals surface area (Å²) < 4.78 is 4.29. The Hall–Kier alpha value is -5.65. The van der Waals surface area contributed by atoms with E-state index in [1.54, 1.807) is 0 Å². The summed E-state index contributed by atoms with van der Waals surface area (Å²) >= 11 is 0. The maximum atomic E-state index is 12.2. The zero-order valence-electron chi connectivity index (χ0n) is 20.1. The summed E-state index contributed by atoms with van der Waals surface area (Å²) in [7, 11) is 0. The number of aromatic nitrogens is 2. The number of benzene rings is 5. The van der Waals surface area contributed by atoms with Crippen LogP contribution in [0.4, 0.5) is 0 Å². The van der Waals surface area contributed by atoms with E-state index >= 15 is 0 Å². The molecule has 0 saturated heterocycles. The summed E-state index contributed by atoms with van der Waals surface area (Å²) in [5.41, 5.74) is 7.35. The van der Waals surface area contributed by atoms with Gasteiger partial charge in [0.1, 0.15) is 6.29 Å². The molecule has 0 N–H and O–H groups in total. The molecule has 5 heteroatoms. The summed E-state index contributed by atoms with van der Waals surface area (Å²) in [5, 5.41) is 23.0. The Morgan fingerprint density at radius 2 is 0.974 bits per heavy atom. The first-order valence-corrected chi connectivity index (χ1v) is 12.2. The topological polar surface area (TPSA) is 74.5 Å². The molecule has 7 aromatic rings. The molecule has 176 valence electrons. The van der Waals surface area contributed by atoms with Gasteiger partial charge in [-0.3, -0.25) is 4.79 Å². The summed E-state index contributed by atoms with van der Waals surface area (Å²) in [6.07, 6.45) is 0.871. The Labute approximate surface area is 217 Å². The van der Waals surface area contributed by atoms with Crippen molar-refractivity contribution in [3.05, 3.63) is 120 Å². The Balaban J connectivity index is 1.58. The first-order valence-electron chi connectivity index (χ1n) is 12.2. The second-order valence-corrected chi connectivity index (χ2v) is 9.29. The minimum Gasteiger partial charge on any atom is -0.309 e. The molecular weight excluding hydrogens is 468 g/mol. The first-order chi connectivity index (χ1) is 18.7. The van der Waals surface area contributed by atoms with Gasteiger partial charge in [-0.25, -0.2) is 0 Å². The van der Waals surface area contributed by atoms with Crippen LogP contribution in [0.15, 0.2) is 103 Å². The van der Waals surface area contributed by atoms with Crippen molar-refractivity contribution in [1.82, 2.24) is 9.13 Å². The van der Waals surface area contributed by atoms with Gasteiger partial charge < -0.3 is 9.13 Å². The van der Waals surface area contributed by atoms with Crippen LogP contribution in [0.1, 0.15) is 21.5 Å². The third kappa shape index (κ3) is 3.07. The molecule has 0 unspecified atom stereocenters. The quantitative estimate of drug-likeness (QED) is 0.244. The number of aldehydes is 1. The van der Waals surface area contributed by atoms with Crippen LogP contribution in [0, 0.1) is 22.7 Å². The van der Waals surface area contributed by atoms with Gasteiger partial charge in [-0.2, -0.15) is 10.5 Å². The molecule has 0 spiro atoms. The molecule has 0 aliphatic rings. The largest absolute Gasteiger partial charge is 0.309 e. The molecule has 2 heterocycles. The average Bonchev–Trinajstić information content (AvgIpc) is 3.49. The summed E-state index contributed by atoms with van der Waals surface area (Å²) in [4.78, 5) is 12.2. The molecule has 7 rings (SSSR count). The summed E-state index contributed by atoms with van der Waals surface area (Å²) in [6, 6.07) is 37.9. The first kappa shape index (κ1) is 21.6. The number of fused-ring (bicyclic) bond motifs is 6. The highest BCUT2D eigenvalue weighted by Crippen LogP contribution is 2.36. The van der Waals surface area contributed by atoms with Gasteiger partial charge in [-0.15, -0.1) is 0 Å². The van der Waals surface area contributed by atoms with Crippen LogP contribution in [-0.4, -0.2) is 15.4 Å². The number of hydrogen-bond acceptors (Lipinski definition) is 3. The molecule has 2 aromatic heterocycles.